The van der Waals surface area contributed by atoms with Crippen molar-refractivity contribution >= 4 is 11.9 Å². The maximum absolute atomic E-state index is 11.3. The molecular formula is C8H17N3O2. The molecule has 1 unspecified atom stereocenters. The van der Waals surface area contributed by atoms with E-state index in [1.807, 2.05) is 13.8 Å². The van der Waals surface area contributed by atoms with Gasteiger partial charge in [0.25, 0.3) is 0 Å². The predicted octanol–water partition coefficient (Wildman–Crippen LogP) is -0.232. The zero-order valence-electron chi connectivity index (χ0n) is 8.50. The molecule has 3 N–H and O–H groups in total. The number of primary amides is 1. The number of rotatable bonds is 3. The van der Waals surface area contributed by atoms with E-state index in [4.69, 9.17) is 5.73 Å². The van der Waals surface area contributed by atoms with Gasteiger partial charge >= 0.3 is 6.03 Å². The molecule has 5 heteroatoms. The predicted molar refractivity (Wildman–Crippen MR) is 50.0 cm³/mol. The van der Waals surface area contributed by atoms with Crippen LogP contribution in [0.1, 0.15) is 13.8 Å². The summed E-state index contributed by atoms with van der Waals surface area (Å²) in [6.07, 6.45) is 0. The fourth-order valence-corrected chi connectivity index (χ4v) is 1.21. The first kappa shape index (κ1) is 11.7. The Morgan fingerprint density at radius 1 is 1.38 bits per heavy atom. The summed E-state index contributed by atoms with van der Waals surface area (Å²) in [7, 11) is 3.05. The van der Waals surface area contributed by atoms with Crippen molar-refractivity contribution in [2.24, 2.45) is 11.7 Å². The third kappa shape index (κ3) is 2.93. The van der Waals surface area contributed by atoms with Gasteiger partial charge in [0, 0.05) is 14.1 Å². The minimum atomic E-state index is -0.595. The maximum atomic E-state index is 11.3. The van der Waals surface area contributed by atoms with Gasteiger partial charge in [-0.2, -0.15) is 0 Å². The molecule has 0 aliphatic rings. The first-order valence-corrected chi connectivity index (χ1v) is 4.15. The van der Waals surface area contributed by atoms with Crippen molar-refractivity contribution in [3.63, 3.8) is 0 Å². The summed E-state index contributed by atoms with van der Waals surface area (Å²) < 4.78 is 0. The molecule has 0 heterocycles. The van der Waals surface area contributed by atoms with Crippen LogP contribution in [0.25, 0.3) is 0 Å². The Morgan fingerprint density at radius 3 is 2.08 bits per heavy atom. The highest BCUT2D eigenvalue weighted by Crippen LogP contribution is 2.08. The Hall–Kier alpha value is -1.26. The van der Waals surface area contributed by atoms with Gasteiger partial charge in [-0.25, -0.2) is 4.79 Å². The highest BCUT2D eigenvalue weighted by atomic mass is 16.2. The summed E-state index contributed by atoms with van der Waals surface area (Å²) in [5, 5.41) is 2.49. The van der Waals surface area contributed by atoms with Crippen molar-refractivity contribution < 1.29 is 9.59 Å². The number of nitrogens with one attached hydrogen (secondary N) is 1. The molecule has 0 spiro atoms. The van der Waals surface area contributed by atoms with Gasteiger partial charge in [0.1, 0.15) is 6.04 Å². The Bertz CT molecular complexity index is 204. The minimum Gasteiger partial charge on any atom is -0.357 e. The maximum Gasteiger partial charge on any atom is 0.315 e. The molecule has 0 rings (SSSR count). The highest BCUT2D eigenvalue weighted by Gasteiger charge is 2.27. The Morgan fingerprint density at radius 2 is 1.85 bits per heavy atom. The van der Waals surface area contributed by atoms with Gasteiger partial charge in [0.2, 0.25) is 5.91 Å². The Labute approximate surface area is 78.3 Å². The largest absolute Gasteiger partial charge is 0.357 e. The zero-order chi connectivity index (χ0) is 10.6. The lowest BCUT2D eigenvalue weighted by molar-refractivity contribution is -0.125. The molecule has 0 aliphatic carbocycles. The van der Waals surface area contributed by atoms with Crippen molar-refractivity contribution in [3.05, 3.63) is 0 Å². The molecule has 1 atom stereocenters. The van der Waals surface area contributed by atoms with Crippen molar-refractivity contribution in [1.29, 1.82) is 0 Å². The van der Waals surface area contributed by atoms with Crippen molar-refractivity contribution in [2.45, 2.75) is 19.9 Å². The number of carbonyl (C=O) groups excluding carboxylic acids is 2. The molecule has 5 nitrogen and oxygen atoms in total. The summed E-state index contributed by atoms with van der Waals surface area (Å²) in [6.45, 7) is 3.72. The summed E-state index contributed by atoms with van der Waals surface area (Å²) in [4.78, 5) is 23.4. The lowest BCUT2D eigenvalue weighted by Gasteiger charge is -2.27. The summed E-state index contributed by atoms with van der Waals surface area (Å²) >= 11 is 0. The van der Waals surface area contributed by atoms with Crippen LogP contribution in [0.2, 0.25) is 0 Å². The normalized spacial score (nSPS) is 12.4. The Kier molecular flexibility index (Phi) is 4.23. The smallest absolute Gasteiger partial charge is 0.315 e. The fraction of sp³-hybridized carbons (Fsp3) is 0.750. The van der Waals surface area contributed by atoms with Crippen molar-refractivity contribution in [1.82, 2.24) is 10.2 Å². The quantitative estimate of drug-likeness (QED) is 0.640. The van der Waals surface area contributed by atoms with Crippen LogP contribution in [0.15, 0.2) is 0 Å². The average Bonchev–Trinajstić information content (AvgIpc) is 2.03. The number of amides is 3. The number of carbonyl (C=O) groups is 2. The van der Waals surface area contributed by atoms with Crippen LogP contribution in [0.4, 0.5) is 4.79 Å². The molecule has 13 heavy (non-hydrogen) atoms. The topological polar surface area (TPSA) is 75.4 Å². The van der Waals surface area contributed by atoms with Crippen molar-refractivity contribution in [3.8, 4) is 0 Å². The van der Waals surface area contributed by atoms with Crippen molar-refractivity contribution in [2.75, 3.05) is 14.1 Å². The van der Waals surface area contributed by atoms with E-state index in [9.17, 15) is 9.59 Å². The Balaban J connectivity index is 4.60. The molecule has 0 radical (unpaired) electrons. The monoisotopic (exact) mass is 187 g/mol. The minimum absolute atomic E-state index is 0.0393. The highest BCUT2D eigenvalue weighted by molar-refractivity contribution is 5.86. The molecular weight excluding hydrogens is 170 g/mol. The summed E-state index contributed by atoms with van der Waals surface area (Å²) in [6, 6.07) is -1.09. The lowest BCUT2D eigenvalue weighted by Crippen LogP contribution is -2.51. The van der Waals surface area contributed by atoms with Crippen LogP contribution >= 0.6 is 0 Å². The van der Waals surface area contributed by atoms with Gasteiger partial charge in [-0.1, -0.05) is 13.8 Å². The molecule has 0 aliphatic heterocycles. The van der Waals surface area contributed by atoms with Gasteiger partial charge in [-0.3, -0.25) is 4.79 Å². The first-order chi connectivity index (χ1) is 5.91. The van der Waals surface area contributed by atoms with Gasteiger partial charge in [0.05, 0.1) is 0 Å². The molecule has 0 aromatic rings. The van der Waals surface area contributed by atoms with Crippen LogP contribution in [-0.2, 0) is 4.79 Å². The average molecular weight is 187 g/mol. The fourth-order valence-electron chi connectivity index (χ4n) is 1.21. The van der Waals surface area contributed by atoms with E-state index in [1.165, 1.54) is 19.0 Å². The molecule has 0 saturated carbocycles. The van der Waals surface area contributed by atoms with E-state index in [-0.39, 0.29) is 11.8 Å². The number of hydrogen-bond acceptors (Lipinski definition) is 2. The van der Waals surface area contributed by atoms with Gasteiger partial charge < -0.3 is 16.0 Å². The van der Waals surface area contributed by atoms with E-state index in [1.54, 1.807) is 0 Å². The molecule has 0 bridgehead atoms. The second kappa shape index (κ2) is 4.69. The standard InChI is InChI=1S/C8H17N3O2/c1-5(2)6(7(12)10-3)11(4)8(9)13/h5-6H,1-4H3,(H2,9,13)(H,10,12). The van der Waals surface area contributed by atoms with E-state index >= 15 is 0 Å². The third-order valence-corrected chi connectivity index (χ3v) is 1.91. The third-order valence-electron chi connectivity index (χ3n) is 1.91. The van der Waals surface area contributed by atoms with Gasteiger partial charge in [-0.05, 0) is 5.92 Å². The second-order valence-corrected chi connectivity index (χ2v) is 3.25. The number of likely N-dealkylation sites (N-methyl/N-ethyl adjacent to an activating group) is 2. The number of urea groups is 1. The van der Waals surface area contributed by atoms with E-state index in [0.29, 0.717) is 0 Å². The summed E-state index contributed by atoms with van der Waals surface area (Å²) in [5.41, 5.74) is 5.07. The number of nitrogens with zero attached hydrogens (tertiary/aromatic N) is 1. The molecule has 0 fully saturated rings. The van der Waals surface area contributed by atoms with Crippen LogP contribution in [-0.4, -0.2) is 37.0 Å². The molecule has 76 valence electrons. The van der Waals surface area contributed by atoms with E-state index < -0.39 is 12.1 Å². The second-order valence-electron chi connectivity index (χ2n) is 3.25. The zero-order valence-corrected chi connectivity index (χ0v) is 8.50. The summed E-state index contributed by atoms with van der Waals surface area (Å²) in [5.74, 6) is -0.159. The number of hydrogen-bond donors (Lipinski definition) is 2. The SMILES string of the molecule is CNC(=O)C(C(C)C)N(C)C(N)=O. The molecule has 0 aromatic carbocycles. The van der Waals surface area contributed by atoms with Crippen LogP contribution < -0.4 is 11.1 Å². The van der Waals surface area contributed by atoms with Gasteiger partial charge in [-0.15, -0.1) is 0 Å². The molecule has 0 saturated heterocycles. The lowest BCUT2D eigenvalue weighted by atomic mass is 10.0. The van der Waals surface area contributed by atoms with Crippen LogP contribution in [0.5, 0.6) is 0 Å². The van der Waals surface area contributed by atoms with Crippen LogP contribution in [0, 0.1) is 5.92 Å². The van der Waals surface area contributed by atoms with Gasteiger partial charge in [0.15, 0.2) is 0 Å². The molecule has 0 aromatic heterocycles. The molecule has 3 amide bonds. The first-order valence-electron chi connectivity index (χ1n) is 4.15. The number of nitrogens with two attached hydrogens (primary N) is 1. The van der Waals surface area contributed by atoms with E-state index in [2.05, 4.69) is 5.32 Å². The van der Waals surface area contributed by atoms with Crippen LogP contribution in [0.3, 0.4) is 0 Å². The van der Waals surface area contributed by atoms with E-state index in [0.717, 1.165) is 0 Å².